The van der Waals surface area contributed by atoms with Gasteiger partial charge in [-0.3, -0.25) is 9.31 Å². The summed E-state index contributed by atoms with van der Waals surface area (Å²) in [5, 5.41) is 20.0. The molecule has 2 atom stereocenters. The van der Waals surface area contributed by atoms with Crippen molar-refractivity contribution in [1.82, 2.24) is 25.1 Å². The molecule has 3 aromatic rings. The molecule has 9 nitrogen and oxygen atoms in total. The molecule has 4 rings (SSSR count). The number of hydrogen-bond acceptors (Lipinski definition) is 8. The van der Waals surface area contributed by atoms with E-state index in [0.29, 0.717) is 51.5 Å². The minimum atomic E-state index is -1.07. The van der Waals surface area contributed by atoms with Gasteiger partial charge in [-0.25, -0.2) is 9.97 Å². The van der Waals surface area contributed by atoms with Crippen LogP contribution in [0.1, 0.15) is 23.9 Å². The van der Waals surface area contributed by atoms with Crippen molar-refractivity contribution in [2.24, 2.45) is 0 Å². The summed E-state index contributed by atoms with van der Waals surface area (Å²) in [7, 11) is -1.07. The number of nitrogens with one attached hydrogen (secondary N) is 2. The lowest BCUT2D eigenvalue weighted by atomic mass is 10.1. The van der Waals surface area contributed by atoms with Crippen molar-refractivity contribution in [1.29, 1.82) is 0 Å². The molecule has 3 heterocycles. The lowest BCUT2D eigenvalue weighted by Crippen LogP contribution is -2.15. The molecule has 5 N–H and O–H groups in total. The van der Waals surface area contributed by atoms with Crippen LogP contribution < -0.4 is 11.1 Å². The van der Waals surface area contributed by atoms with Crippen molar-refractivity contribution in [3.8, 4) is 11.4 Å². The first-order valence-electron chi connectivity index (χ1n) is 8.00. The van der Waals surface area contributed by atoms with Crippen molar-refractivity contribution in [2.45, 2.75) is 24.3 Å². The first-order chi connectivity index (χ1) is 12.5. The van der Waals surface area contributed by atoms with Crippen molar-refractivity contribution >= 4 is 28.3 Å². The van der Waals surface area contributed by atoms with Gasteiger partial charge < -0.3 is 16.2 Å². The summed E-state index contributed by atoms with van der Waals surface area (Å²) in [6.45, 7) is 1.79. The van der Waals surface area contributed by atoms with Crippen LogP contribution in [0.4, 0.5) is 17.5 Å². The second kappa shape index (κ2) is 6.46. The molecule has 0 saturated carbocycles. The van der Waals surface area contributed by atoms with E-state index in [-0.39, 0.29) is 5.82 Å². The molecule has 2 aromatic heterocycles. The maximum atomic E-state index is 12.0. The van der Waals surface area contributed by atoms with Gasteiger partial charge in [-0.15, -0.1) is 0 Å². The van der Waals surface area contributed by atoms with E-state index in [1.807, 2.05) is 0 Å². The van der Waals surface area contributed by atoms with Crippen LogP contribution >= 0.6 is 0 Å². The molecule has 0 saturated heterocycles. The van der Waals surface area contributed by atoms with Gasteiger partial charge in [0, 0.05) is 22.5 Å². The molecule has 26 heavy (non-hydrogen) atoms. The fourth-order valence-corrected chi connectivity index (χ4v) is 4.13. The van der Waals surface area contributed by atoms with E-state index in [0.717, 1.165) is 0 Å². The Morgan fingerprint density at radius 1 is 1.38 bits per heavy atom. The lowest BCUT2D eigenvalue weighted by Gasteiger charge is -2.21. The number of aromatic nitrogens is 5. The third-order valence-electron chi connectivity index (χ3n) is 4.10. The van der Waals surface area contributed by atoms with Crippen molar-refractivity contribution in [2.75, 3.05) is 16.8 Å². The Morgan fingerprint density at radius 3 is 2.96 bits per heavy atom. The highest BCUT2D eigenvalue weighted by atomic mass is 32.2. The molecule has 1 aliphatic heterocycles. The van der Waals surface area contributed by atoms with E-state index < -0.39 is 16.9 Å². The minimum Gasteiger partial charge on any atom is -0.388 e. The molecule has 0 bridgehead atoms. The maximum Gasteiger partial charge on any atom is 0.229 e. The number of anilines is 3. The minimum absolute atomic E-state index is 0.251. The first kappa shape index (κ1) is 16.6. The Kier molecular flexibility index (Phi) is 4.13. The van der Waals surface area contributed by atoms with Gasteiger partial charge in [0.1, 0.15) is 11.6 Å². The van der Waals surface area contributed by atoms with Gasteiger partial charge >= 0.3 is 0 Å². The van der Waals surface area contributed by atoms with E-state index >= 15 is 0 Å². The molecule has 0 aliphatic carbocycles. The number of rotatable bonds is 3. The molecule has 10 heteroatoms. The lowest BCUT2D eigenvalue weighted by molar-refractivity contribution is 0.169. The zero-order valence-corrected chi connectivity index (χ0v) is 14.7. The number of aliphatic hydroxyl groups excluding tert-OH is 1. The number of benzene rings is 1. The van der Waals surface area contributed by atoms with Crippen LogP contribution in [0, 0.1) is 6.92 Å². The Hall–Kier alpha value is -2.85. The van der Waals surface area contributed by atoms with Gasteiger partial charge in [0.2, 0.25) is 5.95 Å². The zero-order valence-electron chi connectivity index (χ0n) is 13.9. The predicted molar refractivity (Wildman–Crippen MR) is 97.1 cm³/mol. The molecule has 134 valence electrons. The third kappa shape index (κ3) is 3.04. The van der Waals surface area contributed by atoms with Crippen LogP contribution in [0.5, 0.6) is 0 Å². The fraction of sp³-hybridized carbons (Fsp3) is 0.250. The third-order valence-corrected chi connectivity index (χ3v) is 5.57. The van der Waals surface area contributed by atoms with Gasteiger partial charge in [-0.05, 0) is 37.1 Å². The summed E-state index contributed by atoms with van der Waals surface area (Å²) in [4.78, 5) is 13.4. The number of hydrogen-bond donors (Lipinski definition) is 4. The standard InChI is InChI=1S/C16H17N7O2S/c1-8-19-15(23-22-8)11-7-18-16(21-14(11)17)20-9-2-3-13-10(6-9)12(24)4-5-26(13)25/h2-3,6-7,12,24H,4-5H2,1H3,(H,19,22,23)(H3,17,18,20,21). The quantitative estimate of drug-likeness (QED) is 0.541. The van der Waals surface area contributed by atoms with E-state index in [4.69, 9.17) is 5.73 Å². The van der Waals surface area contributed by atoms with Crippen LogP contribution in [0.3, 0.4) is 0 Å². The SMILES string of the molecule is Cc1nc(-c2cnc(Nc3ccc4c(c3)C(O)CCS4=O)nc2N)n[nH]1. The fourth-order valence-electron chi connectivity index (χ4n) is 2.80. The number of nitrogens with two attached hydrogens (primary N) is 1. The number of H-pyrrole nitrogens is 1. The molecule has 0 spiro atoms. The van der Waals surface area contributed by atoms with Crippen molar-refractivity contribution in [3.05, 3.63) is 35.8 Å². The Labute approximate surface area is 151 Å². The van der Waals surface area contributed by atoms with Crippen LogP contribution in [0.25, 0.3) is 11.4 Å². The number of aliphatic hydroxyl groups is 1. The number of nitrogens with zero attached hydrogens (tertiary/aromatic N) is 4. The number of aromatic amines is 1. The Bertz CT molecular complexity index is 1000. The molecule has 2 unspecified atom stereocenters. The van der Waals surface area contributed by atoms with Crippen LogP contribution in [0.15, 0.2) is 29.3 Å². The highest BCUT2D eigenvalue weighted by molar-refractivity contribution is 7.85. The Morgan fingerprint density at radius 2 is 2.23 bits per heavy atom. The van der Waals surface area contributed by atoms with E-state index in [2.05, 4.69) is 30.5 Å². The summed E-state index contributed by atoms with van der Waals surface area (Å²) < 4.78 is 12.0. The van der Waals surface area contributed by atoms with Gasteiger partial charge in [-0.1, -0.05) is 0 Å². The van der Waals surface area contributed by atoms with Crippen molar-refractivity contribution < 1.29 is 9.32 Å². The average Bonchev–Trinajstić information content (AvgIpc) is 3.04. The monoisotopic (exact) mass is 371 g/mol. The van der Waals surface area contributed by atoms with Crippen LogP contribution in [-0.4, -0.2) is 40.2 Å². The summed E-state index contributed by atoms with van der Waals surface area (Å²) in [6, 6.07) is 5.30. The summed E-state index contributed by atoms with van der Waals surface area (Å²) >= 11 is 0. The largest absolute Gasteiger partial charge is 0.388 e. The normalized spacial score (nSPS) is 19.2. The molecule has 0 fully saturated rings. The predicted octanol–water partition coefficient (Wildman–Crippen LogP) is 1.44. The molecule has 1 aromatic carbocycles. The molecular weight excluding hydrogens is 354 g/mol. The van der Waals surface area contributed by atoms with Gasteiger partial charge in [0.05, 0.1) is 22.5 Å². The molecule has 0 radical (unpaired) electrons. The highest BCUT2D eigenvalue weighted by Gasteiger charge is 2.23. The molecule has 1 aliphatic rings. The smallest absolute Gasteiger partial charge is 0.229 e. The number of aryl methyl sites for hydroxylation is 1. The second-order valence-electron chi connectivity index (χ2n) is 5.97. The summed E-state index contributed by atoms with van der Waals surface area (Å²) in [5.74, 6) is 2.14. The average molecular weight is 371 g/mol. The summed E-state index contributed by atoms with van der Waals surface area (Å²) in [6.07, 6.45) is 1.42. The van der Waals surface area contributed by atoms with E-state index in [1.54, 1.807) is 31.3 Å². The van der Waals surface area contributed by atoms with Crippen LogP contribution in [-0.2, 0) is 10.8 Å². The maximum absolute atomic E-state index is 12.0. The Balaban J connectivity index is 1.61. The van der Waals surface area contributed by atoms with Gasteiger partial charge in [-0.2, -0.15) is 10.1 Å². The van der Waals surface area contributed by atoms with E-state index in [9.17, 15) is 9.32 Å². The molecule has 0 amide bonds. The summed E-state index contributed by atoms with van der Waals surface area (Å²) in [5.41, 5.74) is 7.89. The second-order valence-corrected chi connectivity index (χ2v) is 7.51. The first-order valence-corrected chi connectivity index (χ1v) is 9.32. The highest BCUT2D eigenvalue weighted by Crippen LogP contribution is 2.32. The van der Waals surface area contributed by atoms with Gasteiger partial charge in [0.25, 0.3) is 0 Å². The molecular formula is C16H17N7O2S. The van der Waals surface area contributed by atoms with Crippen molar-refractivity contribution in [3.63, 3.8) is 0 Å². The number of fused-ring (bicyclic) bond motifs is 1. The topological polar surface area (TPSA) is 143 Å². The van der Waals surface area contributed by atoms with Crippen LogP contribution in [0.2, 0.25) is 0 Å². The number of nitrogen functional groups attached to an aromatic ring is 1. The zero-order chi connectivity index (χ0) is 18.3. The van der Waals surface area contributed by atoms with Gasteiger partial charge in [0.15, 0.2) is 5.82 Å². The van der Waals surface area contributed by atoms with E-state index in [1.165, 1.54) is 0 Å².